The Labute approximate surface area is 109 Å². The van der Waals surface area contributed by atoms with Crippen molar-refractivity contribution in [1.82, 2.24) is 9.21 Å². The van der Waals surface area contributed by atoms with Crippen LogP contribution in [0.2, 0.25) is 0 Å². The number of carboxylic acid groups (broad SMARTS) is 1. The minimum absolute atomic E-state index is 0.0737. The fourth-order valence-corrected chi connectivity index (χ4v) is 2.57. The Balaban J connectivity index is 4.15. The highest BCUT2D eigenvalue weighted by molar-refractivity contribution is 7.89. The van der Waals surface area contributed by atoms with Gasteiger partial charge in [0.25, 0.3) is 0 Å². The van der Waals surface area contributed by atoms with Crippen molar-refractivity contribution < 1.29 is 18.3 Å². The molecule has 3 N–H and O–H groups in total. The first-order valence-corrected chi connectivity index (χ1v) is 7.35. The molecule has 0 aliphatic carbocycles. The van der Waals surface area contributed by atoms with Gasteiger partial charge in [0, 0.05) is 13.6 Å². The third kappa shape index (κ3) is 6.90. The lowest BCUT2D eigenvalue weighted by atomic mass is 10.2. The number of nitrogens with zero attached hydrogens (tertiary/aromatic N) is 2. The van der Waals surface area contributed by atoms with E-state index in [1.54, 1.807) is 0 Å². The molecule has 0 amide bonds. The van der Waals surface area contributed by atoms with Crippen molar-refractivity contribution in [2.45, 2.75) is 18.9 Å². The second kappa shape index (κ2) is 7.67. The summed E-state index contributed by atoms with van der Waals surface area (Å²) in [6.07, 6.45) is 0.656. The van der Waals surface area contributed by atoms with Gasteiger partial charge in [0.2, 0.25) is 10.0 Å². The van der Waals surface area contributed by atoms with Crippen LogP contribution in [0, 0.1) is 0 Å². The summed E-state index contributed by atoms with van der Waals surface area (Å²) in [5.74, 6) is -1.42. The van der Waals surface area contributed by atoms with Crippen LogP contribution in [0.25, 0.3) is 0 Å². The standard InChI is InChI=1S/C10H23N3O4S/c1-12(2)6-4-7-13(3)18(16,17)8-5-9(11)10(14)15/h9H,4-8,11H2,1-3H3,(H,14,15)/t9-/m0/s1. The third-order valence-electron chi connectivity index (χ3n) is 2.56. The highest BCUT2D eigenvalue weighted by Gasteiger charge is 2.21. The average molecular weight is 281 g/mol. The molecule has 0 radical (unpaired) electrons. The molecule has 0 rings (SSSR count). The van der Waals surface area contributed by atoms with Gasteiger partial charge in [0.1, 0.15) is 6.04 Å². The third-order valence-corrected chi connectivity index (χ3v) is 4.44. The molecule has 0 saturated carbocycles. The van der Waals surface area contributed by atoms with Crippen LogP contribution in [0.3, 0.4) is 0 Å². The molecule has 0 heterocycles. The van der Waals surface area contributed by atoms with Crippen molar-refractivity contribution in [2.24, 2.45) is 5.73 Å². The summed E-state index contributed by atoms with van der Waals surface area (Å²) >= 11 is 0. The molecule has 0 aromatic carbocycles. The Morgan fingerprint density at radius 1 is 1.28 bits per heavy atom. The molecule has 0 aromatic heterocycles. The molecule has 0 aliphatic rings. The van der Waals surface area contributed by atoms with E-state index in [1.165, 1.54) is 11.4 Å². The Hall–Kier alpha value is -0.700. The summed E-state index contributed by atoms with van der Waals surface area (Å²) in [6, 6.07) is -1.13. The number of nitrogens with two attached hydrogens (primary N) is 1. The zero-order valence-electron chi connectivity index (χ0n) is 11.2. The van der Waals surface area contributed by atoms with Gasteiger partial charge >= 0.3 is 5.97 Å². The van der Waals surface area contributed by atoms with E-state index in [2.05, 4.69) is 0 Å². The van der Waals surface area contributed by atoms with Gasteiger partial charge in [-0.1, -0.05) is 0 Å². The topological polar surface area (TPSA) is 104 Å². The van der Waals surface area contributed by atoms with Crippen LogP contribution in [0.5, 0.6) is 0 Å². The van der Waals surface area contributed by atoms with E-state index in [0.29, 0.717) is 6.54 Å². The van der Waals surface area contributed by atoms with Gasteiger partial charge in [-0.2, -0.15) is 0 Å². The summed E-state index contributed by atoms with van der Waals surface area (Å²) in [5.41, 5.74) is 5.27. The second-order valence-corrected chi connectivity index (χ2v) is 6.72. The number of carboxylic acids is 1. The van der Waals surface area contributed by atoms with E-state index >= 15 is 0 Å². The predicted molar refractivity (Wildman–Crippen MR) is 69.8 cm³/mol. The molecule has 108 valence electrons. The molecule has 0 bridgehead atoms. The summed E-state index contributed by atoms with van der Waals surface area (Å²) in [7, 11) is 1.92. The van der Waals surface area contributed by atoms with Gasteiger partial charge in [-0.05, 0) is 33.5 Å². The van der Waals surface area contributed by atoms with Crippen LogP contribution in [-0.4, -0.2) is 74.7 Å². The van der Waals surface area contributed by atoms with Gasteiger partial charge in [-0.15, -0.1) is 0 Å². The Morgan fingerprint density at radius 2 is 1.83 bits per heavy atom. The lowest BCUT2D eigenvalue weighted by molar-refractivity contribution is -0.138. The summed E-state index contributed by atoms with van der Waals surface area (Å²) in [5, 5.41) is 8.58. The monoisotopic (exact) mass is 281 g/mol. The maximum absolute atomic E-state index is 11.8. The first kappa shape index (κ1) is 17.3. The van der Waals surface area contributed by atoms with Crippen molar-refractivity contribution in [2.75, 3.05) is 40.0 Å². The first-order valence-electron chi connectivity index (χ1n) is 5.74. The minimum Gasteiger partial charge on any atom is -0.480 e. The normalized spacial score (nSPS) is 14.1. The molecule has 0 fully saturated rings. The van der Waals surface area contributed by atoms with E-state index in [0.717, 1.165) is 13.0 Å². The second-order valence-electron chi connectivity index (χ2n) is 4.53. The Morgan fingerprint density at radius 3 is 2.28 bits per heavy atom. The van der Waals surface area contributed by atoms with Crippen molar-refractivity contribution in [3.8, 4) is 0 Å². The van der Waals surface area contributed by atoms with Crippen LogP contribution < -0.4 is 5.73 Å². The lowest BCUT2D eigenvalue weighted by Gasteiger charge is -2.18. The van der Waals surface area contributed by atoms with E-state index in [4.69, 9.17) is 10.8 Å². The molecule has 0 spiro atoms. The predicted octanol–water partition coefficient (Wildman–Crippen LogP) is -0.998. The largest absolute Gasteiger partial charge is 0.480 e. The first-order chi connectivity index (χ1) is 8.16. The number of hydrogen-bond acceptors (Lipinski definition) is 5. The maximum atomic E-state index is 11.8. The molecule has 0 aliphatic heterocycles. The van der Waals surface area contributed by atoms with Gasteiger partial charge in [0.05, 0.1) is 5.75 Å². The number of sulfonamides is 1. The molecule has 18 heavy (non-hydrogen) atoms. The molecule has 1 atom stereocenters. The summed E-state index contributed by atoms with van der Waals surface area (Å²) < 4.78 is 24.8. The Kier molecular flexibility index (Phi) is 7.37. The number of rotatable bonds is 9. The van der Waals surface area contributed by atoms with Gasteiger partial charge in [0.15, 0.2) is 0 Å². The number of hydrogen-bond donors (Lipinski definition) is 2. The van der Waals surface area contributed by atoms with Crippen LogP contribution in [-0.2, 0) is 14.8 Å². The fourth-order valence-electron chi connectivity index (χ4n) is 1.30. The van der Waals surface area contributed by atoms with Crippen molar-refractivity contribution in [3.63, 3.8) is 0 Å². The molecular formula is C10H23N3O4S. The maximum Gasteiger partial charge on any atom is 0.320 e. The Bertz CT molecular complexity index is 356. The summed E-state index contributed by atoms with van der Waals surface area (Å²) in [6.45, 7) is 1.22. The van der Waals surface area contributed by atoms with Crippen molar-refractivity contribution >= 4 is 16.0 Å². The lowest BCUT2D eigenvalue weighted by Crippen LogP contribution is -2.36. The molecule has 0 unspecified atom stereocenters. The SMILES string of the molecule is CN(C)CCCN(C)S(=O)(=O)CC[C@H](N)C(=O)O. The highest BCUT2D eigenvalue weighted by Crippen LogP contribution is 2.03. The number of aliphatic carboxylic acids is 1. The van der Waals surface area contributed by atoms with E-state index in [-0.39, 0.29) is 12.2 Å². The van der Waals surface area contributed by atoms with Crippen molar-refractivity contribution in [3.05, 3.63) is 0 Å². The molecule has 0 saturated heterocycles. The van der Waals surface area contributed by atoms with Gasteiger partial charge in [-0.3, -0.25) is 4.79 Å². The minimum atomic E-state index is -3.42. The molecule has 7 nitrogen and oxygen atoms in total. The number of carbonyl (C=O) groups is 1. The van der Waals surface area contributed by atoms with Crippen LogP contribution in [0.1, 0.15) is 12.8 Å². The van der Waals surface area contributed by atoms with Gasteiger partial charge < -0.3 is 15.7 Å². The van der Waals surface area contributed by atoms with Crippen LogP contribution in [0.15, 0.2) is 0 Å². The van der Waals surface area contributed by atoms with E-state index < -0.39 is 22.0 Å². The zero-order valence-corrected chi connectivity index (χ0v) is 12.0. The molecule has 8 heteroatoms. The highest BCUT2D eigenvalue weighted by atomic mass is 32.2. The van der Waals surface area contributed by atoms with Crippen LogP contribution in [0.4, 0.5) is 0 Å². The smallest absolute Gasteiger partial charge is 0.320 e. The zero-order chi connectivity index (χ0) is 14.3. The summed E-state index contributed by atoms with van der Waals surface area (Å²) in [4.78, 5) is 12.5. The van der Waals surface area contributed by atoms with E-state index in [1.807, 2.05) is 19.0 Å². The molecule has 0 aromatic rings. The van der Waals surface area contributed by atoms with Crippen molar-refractivity contribution in [1.29, 1.82) is 0 Å². The fraction of sp³-hybridized carbons (Fsp3) is 0.900. The average Bonchev–Trinajstić information content (AvgIpc) is 2.25. The van der Waals surface area contributed by atoms with Gasteiger partial charge in [-0.25, -0.2) is 12.7 Å². The van der Waals surface area contributed by atoms with Crippen LogP contribution >= 0.6 is 0 Å². The van der Waals surface area contributed by atoms with E-state index in [9.17, 15) is 13.2 Å². The quantitative estimate of drug-likeness (QED) is 0.562. The molecular weight excluding hydrogens is 258 g/mol.